The quantitative estimate of drug-likeness (QED) is 0.929. The van der Waals surface area contributed by atoms with E-state index in [2.05, 4.69) is 6.92 Å². The van der Waals surface area contributed by atoms with E-state index in [1.165, 1.54) is 0 Å². The highest BCUT2D eigenvalue weighted by atomic mass is 32.2. The Kier molecular flexibility index (Phi) is 4.39. The van der Waals surface area contributed by atoms with Crippen molar-refractivity contribution in [1.29, 1.82) is 0 Å². The molecule has 1 aliphatic rings. The molecule has 112 valence electrons. The van der Waals surface area contributed by atoms with Crippen molar-refractivity contribution in [3.8, 4) is 5.75 Å². The summed E-state index contributed by atoms with van der Waals surface area (Å²) >= 11 is 0. The third-order valence-electron chi connectivity index (χ3n) is 4.18. The fourth-order valence-electron chi connectivity index (χ4n) is 3.34. The first-order valence-electron chi connectivity index (χ1n) is 6.99. The molecule has 1 fully saturated rings. The third kappa shape index (κ3) is 2.83. The monoisotopic (exact) mass is 297 g/mol. The van der Waals surface area contributed by atoms with Crippen molar-refractivity contribution >= 4 is 9.84 Å². The number of ether oxygens (including phenoxy) is 1. The molecule has 0 aromatic heterocycles. The van der Waals surface area contributed by atoms with Crippen molar-refractivity contribution in [3.05, 3.63) is 24.3 Å². The maximum absolute atomic E-state index is 12.8. The summed E-state index contributed by atoms with van der Waals surface area (Å²) in [5.74, 6) is 1.22. The van der Waals surface area contributed by atoms with Gasteiger partial charge < -0.3 is 10.5 Å². The van der Waals surface area contributed by atoms with Crippen LogP contribution in [-0.4, -0.2) is 26.8 Å². The topological polar surface area (TPSA) is 69.4 Å². The average Bonchev–Trinajstić information content (AvgIpc) is 2.37. The maximum atomic E-state index is 12.8. The summed E-state index contributed by atoms with van der Waals surface area (Å²) in [5.41, 5.74) is 6.14. The van der Waals surface area contributed by atoms with E-state index in [1.54, 1.807) is 31.4 Å². The molecule has 0 spiro atoms. The Morgan fingerprint density at radius 3 is 2.25 bits per heavy atom. The lowest BCUT2D eigenvalue weighted by atomic mass is 9.80. The van der Waals surface area contributed by atoms with Gasteiger partial charge in [0.1, 0.15) is 5.75 Å². The van der Waals surface area contributed by atoms with Gasteiger partial charge in [-0.1, -0.05) is 13.8 Å². The highest BCUT2D eigenvalue weighted by molar-refractivity contribution is 7.92. The summed E-state index contributed by atoms with van der Waals surface area (Å²) in [5, 5.41) is -0.493. The van der Waals surface area contributed by atoms with Gasteiger partial charge in [0.2, 0.25) is 0 Å². The van der Waals surface area contributed by atoms with Gasteiger partial charge in [0.15, 0.2) is 9.84 Å². The molecule has 0 bridgehead atoms. The first-order valence-corrected chi connectivity index (χ1v) is 8.54. The molecule has 0 aliphatic heterocycles. The second kappa shape index (κ2) is 5.74. The Morgan fingerprint density at radius 1 is 1.15 bits per heavy atom. The molecule has 5 heteroatoms. The van der Waals surface area contributed by atoms with Gasteiger partial charge in [-0.15, -0.1) is 0 Å². The maximum Gasteiger partial charge on any atom is 0.183 e. The van der Waals surface area contributed by atoms with Crippen molar-refractivity contribution in [2.45, 2.75) is 42.9 Å². The van der Waals surface area contributed by atoms with E-state index in [9.17, 15) is 8.42 Å². The van der Waals surface area contributed by atoms with Crippen LogP contribution in [0.5, 0.6) is 5.75 Å². The molecule has 2 N–H and O–H groups in total. The van der Waals surface area contributed by atoms with Crippen LogP contribution in [-0.2, 0) is 9.84 Å². The molecule has 4 nitrogen and oxygen atoms in total. The molecular weight excluding hydrogens is 274 g/mol. The van der Waals surface area contributed by atoms with E-state index in [4.69, 9.17) is 10.5 Å². The van der Waals surface area contributed by atoms with Crippen LogP contribution in [0.2, 0.25) is 0 Å². The van der Waals surface area contributed by atoms with Gasteiger partial charge in [-0.25, -0.2) is 8.42 Å². The standard InChI is InChI=1S/C15H23NO3S/c1-10-8-11(2)15(14(16)9-10)20(17,18)13-6-4-12(19-3)5-7-13/h4-7,10-11,14-15H,8-9,16H2,1-3H3. The smallest absolute Gasteiger partial charge is 0.183 e. The number of rotatable bonds is 3. The number of hydrogen-bond donors (Lipinski definition) is 1. The number of methoxy groups -OCH3 is 1. The second-order valence-electron chi connectivity index (χ2n) is 5.90. The van der Waals surface area contributed by atoms with Gasteiger partial charge >= 0.3 is 0 Å². The minimum atomic E-state index is -3.39. The number of benzene rings is 1. The molecule has 2 rings (SSSR count). The molecule has 0 saturated heterocycles. The fourth-order valence-corrected chi connectivity index (χ4v) is 5.47. The largest absolute Gasteiger partial charge is 0.497 e. The summed E-state index contributed by atoms with van der Waals surface area (Å²) < 4.78 is 30.7. The minimum absolute atomic E-state index is 0.0841. The molecular formula is C15H23NO3S. The normalized spacial score (nSPS) is 31.0. The van der Waals surface area contributed by atoms with Crippen LogP contribution in [0.4, 0.5) is 0 Å². The minimum Gasteiger partial charge on any atom is -0.497 e. The average molecular weight is 297 g/mol. The highest BCUT2D eigenvalue weighted by Gasteiger charge is 2.41. The Hall–Kier alpha value is -1.07. The van der Waals surface area contributed by atoms with E-state index in [0.29, 0.717) is 16.6 Å². The van der Waals surface area contributed by atoms with Crippen molar-refractivity contribution in [3.63, 3.8) is 0 Å². The number of hydrogen-bond acceptors (Lipinski definition) is 4. The summed E-state index contributed by atoms with van der Waals surface area (Å²) in [4.78, 5) is 0.333. The lowest BCUT2D eigenvalue weighted by molar-refractivity contribution is 0.271. The van der Waals surface area contributed by atoms with Crippen molar-refractivity contribution in [1.82, 2.24) is 0 Å². The van der Waals surface area contributed by atoms with Crippen LogP contribution >= 0.6 is 0 Å². The lowest BCUT2D eigenvalue weighted by Crippen LogP contribution is -2.49. The van der Waals surface area contributed by atoms with Crippen molar-refractivity contribution < 1.29 is 13.2 Å². The van der Waals surface area contributed by atoms with Gasteiger partial charge in [-0.2, -0.15) is 0 Å². The zero-order valence-corrected chi connectivity index (χ0v) is 13.1. The molecule has 0 radical (unpaired) electrons. The SMILES string of the molecule is COc1ccc(S(=O)(=O)C2C(C)CC(C)CC2N)cc1. The number of nitrogens with two attached hydrogens (primary N) is 1. The molecule has 4 unspecified atom stereocenters. The van der Waals surface area contributed by atoms with Crippen LogP contribution in [0, 0.1) is 11.8 Å². The van der Waals surface area contributed by atoms with E-state index >= 15 is 0 Å². The zero-order chi connectivity index (χ0) is 14.9. The zero-order valence-electron chi connectivity index (χ0n) is 12.2. The number of sulfone groups is 1. The van der Waals surface area contributed by atoms with Crippen molar-refractivity contribution in [2.75, 3.05) is 7.11 Å². The van der Waals surface area contributed by atoms with Crippen LogP contribution in [0.25, 0.3) is 0 Å². The van der Waals surface area contributed by atoms with E-state index in [-0.39, 0.29) is 12.0 Å². The lowest BCUT2D eigenvalue weighted by Gasteiger charge is -2.37. The van der Waals surface area contributed by atoms with Crippen LogP contribution in [0.3, 0.4) is 0 Å². The van der Waals surface area contributed by atoms with E-state index in [1.807, 2.05) is 6.92 Å². The molecule has 0 amide bonds. The van der Waals surface area contributed by atoms with Gasteiger partial charge in [0, 0.05) is 6.04 Å². The molecule has 20 heavy (non-hydrogen) atoms. The predicted molar refractivity (Wildman–Crippen MR) is 79.5 cm³/mol. The summed E-state index contributed by atoms with van der Waals surface area (Å²) in [6.07, 6.45) is 1.68. The van der Waals surface area contributed by atoms with E-state index in [0.717, 1.165) is 12.8 Å². The third-order valence-corrected chi connectivity index (χ3v) is 6.64. The molecule has 4 atom stereocenters. The fraction of sp³-hybridized carbons (Fsp3) is 0.600. The van der Waals surface area contributed by atoms with Gasteiger partial charge in [0.25, 0.3) is 0 Å². The molecule has 1 aromatic rings. The van der Waals surface area contributed by atoms with Gasteiger partial charge in [0.05, 0.1) is 17.3 Å². The summed E-state index contributed by atoms with van der Waals surface area (Å²) in [6.45, 7) is 4.12. The molecule has 1 saturated carbocycles. The van der Waals surface area contributed by atoms with E-state index < -0.39 is 15.1 Å². The Bertz CT molecular complexity index is 541. The predicted octanol–water partition coefficient (Wildman–Crippen LogP) is 2.23. The Balaban J connectivity index is 2.33. The second-order valence-corrected chi connectivity index (χ2v) is 8.01. The summed E-state index contributed by atoms with van der Waals surface area (Å²) in [6, 6.07) is 6.27. The molecule has 1 aliphatic carbocycles. The molecule has 1 aromatic carbocycles. The van der Waals surface area contributed by atoms with Crippen molar-refractivity contribution in [2.24, 2.45) is 17.6 Å². The summed E-state index contributed by atoms with van der Waals surface area (Å²) in [7, 11) is -1.83. The Labute approximate surface area is 121 Å². The first kappa shape index (κ1) is 15.3. The highest BCUT2D eigenvalue weighted by Crippen LogP contribution is 2.35. The van der Waals surface area contributed by atoms with Gasteiger partial charge in [-0.3, -0.25) is 0 Å². The van der Waals surface area contributed by atoms with Gasteiger partial charge in [-0.05, 0) is 48.9 Å². The van der Waals surface area contributed by atoms with Crippen LogP contribution < -0.4 is 10.5 Å². The van der Waals surface area contributed by atoms with Crippen LogP contribution in [0.15, 0.2) is 29.2 Å². The van der Waals surface area contributed by atoms with Crippen LogP contribution in [0.1, 0.15) is 26.7 Å². The first-order chi connectivity index (χ1) is 9.36. The molecule has 0 heterocycles. The Morgan fingerprint density at radius 2 is 1.75 bits per heavy atom.